The second-order valence-corrected chi connectivity index (χ2v) is 7.92. The first kappa shape index (κ1) is 21.1. The van der Waals surface area contributed by atoms with Gasteiger partial charge in [-0.25, -0.2) is 0 Å². The minimum atomic E-state index is -0.622. The predicted octanol–water partition coefficient (Wildman–Crippen LogP) is 5.11. The Morgan fingerprint density at radius 2 is 1.66 bits per heavy atom. The standard InChI is InChI=1S/C25H32N2O2/c1-3-5-8-18-11-15-22(16-12-18)26-24(28)25(29)27-23(4-2)21-14-13-19-9-6-7-10-20(19)17-21/h11-17,23H,3-10H2,1-2H3,(H,26,28)(H,27,29). The molecule has 1 atom stereocenters. The second-order valence-electron chi connectivity index (χ2n) is 7.92. The highest BCUT2D eigenvalue weighted by Crippen LogP contribution is 2.26. The van der Waals surface area contributed by atoms with Crippen LogP contribution in [0.3, 0.4) is 0 Å². The van der Waals surface area contributed by atoms with Crippen molar-refractivity contribution in [1.82, 2.24) is 5.32 Å². The van der Waals surface area contributed by atoms with Gasteiger partial charge in [-0.2, -0.15) is 0 Å². The maximum absolute atomic E-state index is 12.5. The summed E-state index contributed by atoms with van der Waals surface area (Å²) in [6.07, 6.45) is 8.78. The van der Waals surface area contributed by atoms with Gasteiger partial charge < -0.3 is 10.6 Å². The first-order valence-electron chi connectivity index (χ1n) is 10.9. The number of rotatable bonds is 7. The van der Waals surface area contributed by atoms with Gasteiger partial charge in [0.05, 0.1) is 6.04 Å². The zero-order valence-corrected chi connectivity index (χ0v) is 17.6. The number of carbonyl (C=O) groups excluding carboxylic acids is 2. The lowest BCUT2D eigenvalue weighted by molar-refractivity contribution is -0.136. The Morgan fingerprint density at radius 3 is 2.34 bits per heavy atom. The fraction of sp³-hybridized carbons (Fsp3) is 0.440. The van der Waals surface area contributed by atoms with Gasteiger partial charge in [-0.1, -0.05) is 50.6 Å². The minimum Gasteiger partial charge on any atom is -0.341 e. The van der Waals surface area contributed by atoms with Crippen LogP contribution in [-0.2, 0) is 28.9 Å². The van der Waals surface area contributed by atoms with Crippen LogP contribution < -0.4 is 10.6 Å². The molecule has 3 rings (SSSR count). The summed E-state index contributed by atoms with van der Waals surface area (Å²) >= 11 is 0. The molecule has 0 saturated heterocycles. The third-order valence-corrected chi connectivity index (χ3v) is 5.73. The molecule has 1 aliphatic rings. The maximum Gasteiger partial charge on any atom is 0.313 e. The Morgan fingerprint density at radius 1 is 0.931 bits per heavy atom. The number of amides is 2. The summed E-state index contributed by atoms with van der Waals surface area (Å²) in [6, 6.07) is 14.0. The van der Waals surface area contributed by atoms with E-state index < -0.39 is 11.8 Å². The Bertz CT molecular complexity index is 842. The lowest BCUT2D eigenvalue weighted by Gasteiger charge is -2.21. The van der Waals surface area contributed by atoms with E-state index >= 15 is 0 Å². The van der Waals surface area contributed by atoms with Crippen molar-refractivity contribution in [2.75, 3.05) is 5.32 Å². The van der Waals surface area contributed by atoms with E-state index in [0.717, 1.165) is 44.1 Å². The summed E-state index contributed by atoms with van der Waals surface area (Å²) in [5, 5.41) is 5.60. The van der Waals surface area contributed by atoms with E-state index in [-0.39, 0.29) is 6.04 Å². The SMILES string of the molecule is CCCCc1ccc(NC(=O)C(=O)NC(CC)c2ccc3c(c2)CCCC3)cc1. The summed E-state index contributed by atoms with van der Waals surface area (Å²) in [6.45, 7) is 4.19. The molecule has 0 saturated carbocycles. The maximum atomic E-state index is 12.5. The summed E-state index contributed by atoms with van der Waals surface area (Å²) in [5.74, 6) is -1.22. The number of nitrogens with one attached hydrogen (secondary N) is 2. The fourth-order valence-electron chi connectivity index (χ4n) is 3.94. The van der Waals surface area contributed by atoms with Gasteiger partial charge >= 0.3 is 11.8 Å². The van der Waals surface area contributed by atoms with Crippen LogP contribution in [0, 0.1) is 0 Å². The molecule has 154 valence electrons. The number of unbranched alkanes of at least 4 members (excludes halogenated alkanes) is 1. The van der Waals surface area contributed by atoms with E-state index in [4.69, 9.17) is 0 Å². The van der Waals surface area contributed by atoms with Crippen LogP contribution in [0.1, 0.15) is 74.2 Å². The van der Waals surface area contributed by atoms with E-state index in [0.29, 0.717) is 5.69 Å². The third-order valence-electron chi connectivity index (χ3n) is 5.73. The molecule has 4 heteroatoms. The Kier molecular flexibility index (Phi) is 7.45. The topological polar surface area (TPSA) is 58.2 Å². The van der Waals surface area contributed by atoms with Gasteiger partial charge in [-0.05, 0) is 79.3 Å². The van der Waals surface area contributed by atoms with Crippen LogP contribution in [0.15, 0.2) is 42.5 Å². The highest BCUT2D eigenvalue weighted by Gasteiger charge is 2.20. The van der Waals surface area contributed by atoms with Gasteiger partial charge in [0.25, 0.3) is 0 Å². The Labute approximate surface area is 174 Å². The summed E-state index contributed by atoms with van der Waals surface area (Å²) < 4.78 is 0. The molecule has 0 heterocycles. The van der Waals surface area contributed by atoms with Crippen molar-refractivity contribution in [2.24, 2.45) is 0 Å². The van der Waals surface area contributed by atoms with Gasteiger partial charge in [-0.3, -0.25) is 9.59 Å². The van der Waals surface area contributed by atoms with Gasteiger partial charge in [-0.15, -0.1) is 0 Å². The molecule has 2 aromatic rings. The normalized spacial score (nSPS) is 14.0. The van der Waals surface area contributed by atoms with Crippen molar-refractivity contribution in [3.63, 3.8) is 0 Å². The highest BCUT2D eigenvalue weighted by atomic mass is 16.2. The molecule has 0 radical (unpaired) electrons. The van der Waals surface area contributed by atoms with Crippen LogP contribution in [-0.4, -0.2) is 11.8 Å². The summed E-state index contributed by atoms with van der Waals surface area (Å²) in [5.41, 5.74) is 5.77. The summed E-state index contributed by atoms with van der Waals surface area (Å²) in [7, 11) is 0. The number of hydrogen-bond donors (Lipinski definition) is 2. The number of carbonyl (C=O) groups is 2. The van der Waals surface area contributed by atoms with Crippen molar-refractivity contribution in [3.8, 4) is 0 Å². The number of benzene rings is 2. The lowest BCUT2D eigenvalue weighted by Crippen LogP contribution is -2.37. The Hall–Kier alpha value is -2.62. The quantitative estimate of drug-likeness (QED) is 0.643. The van der Waals surface area contributed by atoms with Crippen molar-refractivity contribution in [3.05, 3.63) is 64.7 Å². The first-order chi connectivity index (χ1) is 14.1. The molecule has 2 amide bonds. The number of anilines is 1. The number of hydrogen-bond acceptors (Lipinski definition) is 2. The average molecular weight is 393 g/mol. The van der Waals surface area contributed by atoms with Gasteiger partial charge in [0.2, 0.25) is 0 Å². The van der Waals surface area contributed by atoms with Crippen LogP contribution in [0.5, 0.6) is 0 Å². The molecule has 0 aliphatic heterocycles. The average Bonchev–Trinajstić information content (AvgIpc) is 2.76. The van der Waals surface area contributed by atoms with Crippen molar-refractivity contribution >= 4 is 17.5 Å². The van der Waals surface area contributed by atoms with Crippen molar-refractivity contribution in [1.29, 1.82) is 0 Å². The van der Waals surface area contributed by atoms with E-state index in [1.165, 1.54) is 29.5 Å². The lowest BCUT2D eigenvalue weighted by atomic mass is 9.89. The molecule has 2 aromatic carbocycles. The minimum absolute atomic E-state index is 0.156. The first-order valence-corrected chi connectivity index (χ1v) is 10.9. The van der Waals surface area contributed by atoms with E-state index in [1.54, 1.807) is 0 Å². The molecule has 0 spiro atoms. The van der Waals surface area contributed by atoms with Gasteiger partial charge in [0, 0.05) is 5.69 Å². The molecular formula is C25H32N2O2. The van der Waals surface area contributed by atoms with Crippen LogP contribution >= 0.6 is 0 Å². The zero-order valence-electron chi connectivity index (χ0n) is 17.6. The molecule has 0 fully saturated rings. The van der Waals surface area contributed by atoms with E-state index in [2.05, 4.69) is 35.8 Å². The fourth-order valence-corrected chi connectivity index (χ4v) is 3.94. The highest BCUT2D eigenvalue weighted by molar-refractivity contribution is 6.39. The molecular weight excluding hydrogens is 360 g/mol. The molecule has 1 unspecified atom stereocenters. The van der Waals surface area contributed by atoms with E-state index in [9.17, 15) is 9.59 Å². The number of fused-ring (bicyclic) bond motifs is 1. The zero-order chi connectivity index (χ0) is 20.6. The smallest absolute Gasteiger partial charge is 0.313 e. The molecule has 0 aromatic heterocycles. The third kappa shape index (κ3) is 5.69. The van der Waals surface area contributed by atoms with Gasteiger partial charge in [0.1, 0.15) is 0 Å². The van der Waals surface area contributed by atoms with Gasteiger partial charge in [0.15, 0.2) is 0 Å². The van der Waals surface area contributed by atoms with Crippen molar-refractivity contribution in [2.45, 2.75) is 71.3 Å². The van der Waals surface area contributed by atoms with E-state index in [1.807, 2.05) is 31.2 Å². The Balaban J connectivity index is 1.59. The molecule has 29 heavy (non-hydrogen) atoms. The molecule has 0 bridgehead atoms. The summed E-state index contributed by atoms with van der Waals surface area (Å²) in [4.78, 5) is 24.8. The molecule has 2 N–H and O–H groups in total. The second kappa shape index (κ2) is 10.2. The van der Waals surface area contributed by atoms with Crippen molar-refractivity contribution < 1.29 is 9.59 Å². The van der Waals surface area contributed by atoms with Crippen LogP contribution in [0.25, 0.3) is 0 Å². The monoisotopic (exact) mass is 392 g/mol. The largest absolute Gasteiger partial charge is 0.341 e. The number of aryl methyl sites for hydroxylation is 3. The molecule has 4 nitrogen and oxygen atoms in total. The van der Waals surface area contributed by atoms with Crippen LogP contribution in [0.2, 0.25) is 0 Å². The molecule has 1 aliphatic carbocycles. The predicted molar refractivity (Wildman–Crippen MR) is 118 cm³/mol. The van der Waals surface area contributed by atoms with Crippen LogP contribution in [0.4, 0.5) is 5.69 Å².